The molecular formula is C15H15N5OS. The van der Waals surface area contributed by atoms with Gasteiger partial charge in [-0.2, -0.15) is 0 Å². The Morgan fingerprint density at radius 2 is 2.32 bits per heavy atom. The Kier molecular flexibility index (Phi) is 3.15. The van der Waals surface area contributed by atoms with Crippen LogP contribution in [0, 0.1) is 6.92 Å². The number of imidazole rings is 1. The van der Waals surface area contributed by atoms with Crippen molar-refractivity contribution in [1.82, 2.24) is 24.3 Å². The van der Waals surface area contributed by atoms with Gasteiger partial charge in [-0.1, -0.05) is 0 Å². The van der Waals surface area contributed by atoms with Crippen molar-refractivity contribution in [2.24, 2.45) is 0 Å². The highest BCUT2D eigenvalue weighted by Crippen LogP contribution is 2.32. The van der Waals surface area contributed by atoms with Crippen LogP contribution in [0.25, 0.3) is 4.83 Å². The zero-order valence-electron chi connectivity index (χ0n) is 12.1. The van der Waals surface area contributed by atoms with E-state index in [1.165, 1.54) is 11.0 Å². The van der Waals surface area contributed by atoms with E-state index < -0.39 is 0 Å². The molecule has 4 rings (SSSR count). The number of fused-ring (bicyclic) bond motifs is 1. The molecule has 0 unspecified atom stereocenters. The first-order valence-electron chi connectivity index (χ1n) is 7.21. The summed E-state index contributed by atoms with van der Waals surface area (Å²) in [6.45, 7) is 3.45. The second-order valence-electron chi connectivity index (χ2n) is 5.45. The highest BCUT2D eigenvalue weighted by molar-refractivity contribution is 7.15. The van der Waals surface area contributed by atoms with Crippen molar-refractivity contribution in [2.75, 3.05) is 13.1 Å². The van der Waals surface area contributed by atoms with Crippen molar-refractivity contribution in [3.8, 4) is 0 Å². The van der Waals surface area contributed by atoms with E-state index in [0.29, 0.717) is 18.2 Å². The molecule has 3 aromatic heterocycles. The van der Waals surface area contributed by atoms with E-state index in [9.17, 15) is 4.79 Å². The lowest BCUT2D eigenvalue weighted by Crippen LogP contribution is -2.29. The molecule has 1 amide bonds. The molecule has 0 bridgehead atoms. The Morgan fingerprint density at radius 3 is 3.14 bits per heavy atom. The molecule has 7 heteroatoms. The normalized spacial score (nSPS) is 18.2. The number of carbonyl (C=O) groups is 1. The second-order valence-corrected chi connectivity index (χ2v) is 6.34. The van der Waals surface area contributed by atoms with Crippen LogP contribution in [0.4, 0.5) is 0 Å². The third-order valence-corrected chi connectivity index (χ3v) is 4.99. The van der Waals surface area contributed by atoms with Crippen LogP contribution >= 0.6 is 11.3 Å². The fraction of sp³-hybridized carbons (Fsp3) is 0.333. The average molecular weight is 313 g/mol. The van der Waals surface area contributed by atoms with Gasteiger partial charge < -0.3 is 4.90 Å². The summed E-state index contributed by atoms with van der Waals surface area (Å²) < 4.78 is 2.12. The molecule has 1 aliphatic rings. The van der Waals surface area contributed by atoms with Crippen LogP contribution in [0.15, 0.2) is 30.2 Å². The van der Waals surface area contributed by atoms with E-state index in [1.807, 2.05) is 18.0 Å². The Balaban J connectivity index is 1.58. The predicted octanol–water partition coefficient (Wildman–Crippen LogP) is 2.12. The summed E-state index contributed by atoms with van der Waals surface area (Å²) in [5.74, 6) is 1.25. The van der Waals surface area contributed by atoms with Gasteiger partial charge in [0.25, 0.3) is 5.91 Å². The maximum absolute atomic E-state index is 12.4. The van der Waals surface area contributed by atoms with Gasteiger partial charge >= 0.3 is 0 Å². The molecule has 1 atom stereocenters. The van der Waals surface area contributed by atoms with E-state index in [0.717, 1.165) is 24.5 Å². The molecule has 4 heterocycles. The summed E-state index contributed by atoms with van der Waals surface area (Å²) in [7, 11) is 0. The Hall–Kier alpha value is -2.28. The maximum Gasteiger partial charge on any atom is 0.274 e. The monoisotopic (exact) mass is 313 g/mol. The predicted molar refractivity (Wildman–Crippen MR) is 83.1 cm³/mol. The van der Waals surface area contributed by atoms with Gasteiger partial charge in [-0.25, -0.2) is 9.97 Å². The van der Waals surface area contributed by atoms with Gasteiger partial charge in [0, 0.05) is 43.0 Å². The minimum atomic E-state index is -0.0473. The van der Waals surface area contributed by atoms with E-state index in [1.54, 1.807) is 23.7 Å². The van der Waals surface area contributed by atoms with Crippen LogP contribution < -0.4 is 0 Å². The quantitative estimate of drug-likeness (QED) is 0.727. The van der Waals surface area contributed by atoms with Crippen LogP contribution in [0.2, 0.25) is 0 Å². The molecule has 0 spiro atoms. The van der Waals surface area contributed by atoms with Gasteiger partial charge in [0.2, 0.25) is 0 Å². The standard InChI is InChI=1S/C15H15N5OS/c1-10-18-13(15-20(10)6-7-22-15)11-2-5-19(9-11)14(21)12-8-16-3-4-17-12/h3-4,6-8,11H,2,5,9H2,1H3/t11-/m0/s1. The average Bonchev–Trinajstić information content (AvgIpc) is 3.25. The number of aromatic nitrogens is 4. The topological polar surface area (TPSA) is 63.4 Å². The van der Waals surface area contributed by atoms with Crippen LogP contribution in [0.1, 0.15) is 34.3 Å². The number of rotatable bonds is 2. The lowest BCUT2D eigenvalue weighted by atomic mass is 10.1. The van der Waals surface area contributed by atoms with E-state index in [-0.39, 0.29) is 5.91 Å². The first-order chi connectivity index (χ1) is 10.7. The molecule has 0 radical (unpaired) electrons. The smallest absolute Gasteiger partial charge is 0.274 e. The molecule has 6 nitrogen and oxygen atoms in total. The summed E-state index contributed by atoms with van der Waals surface area (Å²) in [5.41, 5.74) is 1.52. The van der Waals surface area contributed by atoms with Crippen molar-refractivity contribution in [2.45, 2.75) is 19.3 Å². The number of hydrogen-bond donors (Lipinski definition) is 0. The molecule has 0 aromatic carbocycles. The molecular weight excluding hydrogens is 298 g/mol. The first kappa shape index (κ1) is 13.4. The summed E-state index contributed by atoms with van der Waals surface area (Å²) in [5, 5.41) is 2.07. The summed E-state index contributed by atoms with van der Waals surface area (Å²) in [6.07, 6.45) is 7.63. The summed E-state index contributed by atoms with van der Waals surface area (Å²) in [6, 6.07) is 0. The largest absolute Gasteiger partial charge is 0.337 e. The van der Waals surface area contributed by atoms with E-state index in [2.05, 4.69) is 19.7 Å². The number of hydrogen-bond acceptors (Lipinski definition) is 5. The van der Waals surface area contributed by atoms with Crippen molar-refractivity contribution in [1.29, 1.82) is 0 Å². The van der Waals surface area contributed by atoms with Crippen molar-refractivity contribution in [3.63, 3.8) is 0 Å². The fourth-order valence-electron chi connectivity index (χ4n) is 3.00. The minimum Gasteiger partial charge on any atom is -0.337 e. The van der Waals surface area contributed by atoms with Crippen LogP contribution in [-0.2, 0) is 0 Å². The molecule has 1 fully saturated rings. The van der Waals surface area contributed by atoms with Crippen molar-refractivity contribution < 1.29 is 4.79 Å². The number of likely N-dealkylation sites (tertiary alicyclic amines) is 1. The van der Waals surface area contributed by atoms with Gasteiger partial charge in [0.1, 0.15) is 16.3 Å². The van der Waals surface area contributed by atoms with E-state index >= 15 is 0 Å². The number of carbonyl (C=O) groups excluding carboxylic acids is 1. The lowest BCUT2D eigenvalue weighted by molar-refractivity contribution is 0.0784. The highest BCUT2D eigenvalue weighted by atomic mass is 32.1. The molecule has 112 valence electrons. The minimum absolute atomic E-state index is 0.0473. The van der Waals surface area contributed by atoms with Crippen LogP contribution in [0.3, 0.4) is 0 Å². The highest BCUT2D eigenvalue weighted by Gasteiger charge is 2.31. The number of aryl methyl sites for hydroxylation is 1. The zero-order valence-corrected chi connectivity index (χ0v) is 13.0. The molecule has 3 aromatic rings. The third kappa shape index (κ3) is 2.09. The van der Waals surface area contributed by atoms with Crippen molar-refractivity contribution >= 4 is 22.1 Å². The van der Waals surface area contributed by atoms with Gasteiger partial charge in [-0.05, 0) is 13.3 Å². The number of thiazole rings is 1. The molecule has 0 N–H and O–H groups in total. The molecule has 1 aliphatic heterocycles. The molecule has 0 saturated carbocycles. The van der Waals surface area contributed by atoms with Gasteiger partial charge in [-0.15, -0.1) is 11.3 Å². The lowest BCUT2D eigenvalue weighted by Gasteiger charge is -2.15. The van der Waals surface area contributed by atoms with Crippen LogP contribution in [-0.4, -0.2) is 43.2 Å². The Bertz CT molecular complexity index is 825. The van der Waals surface area contributed by atoms with E-state index in [4.69, 9.17) is 4.98 Å². The Labute approximate surface area is 131 Å². The fourth-order valence-corrected chi connectivity index (χ4v) is 3.95. The van der Waals surface area contributed by atoms with Gasteiger partial charge in [-0.3, -0.25) is 14.2 Å². The summed E-state index contributed by atoms with van der Waals surface area (Å²) in [4.78, 5) is 28.3. The molecule has 1 saturated heterocycles. The second kappa shape index (κ2) is 5.17. The number of nitrogens with zero attached hydrogens (tertiary/aromatic N) is 5. The molecule has 0 aliphatic carbocycles. The van der Waals surface area contributed by atoms with Gasteiger partial charge in [0.15, 0.2) is 0 Å². The zero-order chi connectivity index (χ0) is 15.1. The van der Waals surface area contributed by atoms with Crippen LogP contribution in [0.5, 0.6) is 0 Å². The Morgan fingerprint density at radius 1 is 1.41 bits per heavy atom. The van der Waals surface area contributed by atoms with Crippen molar-refractivity contribution in [3.05, 3.63) is 47.4 Å². The maximum atomic E-state index is 12.4. The summed E-state index contributed by atoms with van der Waals surface area (Å²) >= 11 is 1.70. The first-order valence-corrected chi connectivity index (χ1v) is 8.09. The number of amides is 1. The third-order valence-electron chi connectivity index (χ3n) is 4.10. The SMILES string of the molecule is Cc1nc([C@H]2CCN(C(=O)c3cnccn3)C2)c2sccn12. The van der Waals surface area contributed by atoms with Gasteiger partial charge in [0.05, 0.1) is 11.9 Å². The molecule has 22 heavy (non-hydrogen) atoms.